The van der Waals surface area contributed by atoms with Gasteiger partial charge >= 0.3 is 35.8 Å². The van der Waals surface area contributed by atoms with Crippen molar-refractivity contribution >= 4 is 214 Å². The highest BCUT2D eigenvalue weighted by molar-refractivity contribution is 8.78. The van der Waals surface area contributed by atoms with Crippen molar-refractivity contribution in [3.8, 4) is 36.4 Å². The van der Waals surface area contributed by atoms with Crippen LogP contribution in [0.4, 0.5) is 0 Å². The van der Waals surface area contributed by atoms with Gasteiger partial charge < -0.3 is 56.9 Å². The summed E-state index contributed by atoms with van der Waals surface area (Å²) in [5.74, 6) is -6.63. The number of benzene rings is 2. The number of Topliss-reactive ketones (excluding diaryl/α,β-unsaturated/α-hetero) is 1. The van der Waals surface area contributed by atoms with Crippen LogP contribution in [0.25, 0.3) is 0 Å². The van der Waals surface area contributed by atoms with E-state index in [4.69, 9.17) is 74.6 Å². The first-order chi connectivity index (χ1) is 54.0. The van der Waals surface area contributed by atoms with E-state index in [1.165, 1.54) is 134 Å². The Bertz CT molecular complexity index is 3490. The molecule has 0 radical (unpaired) electrons. The molecule has 0 spiro atoms. The first-order valence-electron chi connectivity index (χ1n) is 35.3. The van der Waals surface area contributed by atoms with Crippen LogP contribution in [0.2, 0.25) is 0 Å². The first kappa shape index (κ1) is 130. The molecule has 4 amide bonds. The lowest BCUT2D eigenvalue weighted by atomic mass is 10.1. The molecule has 2 aromatic carbocycles. The Kier molecular flexibility index (Phi) is 82.6. The molecule has 1 aliphatic heterocycles. The third-order valence-corrected chi connectivity index (χ3v) is 28.1. The lowest BCUT2D eigenvalue weighted by Gasteiger charge is -2.25. The Labute approximate surface area is 753 Å². The van der Waals surface area contributed by atoms with E-state index in [1.807, 2.05) is 119 Å². The molecule has 9 atom stereocenters. The molecule has 42 heteroatoms. The van der Waals surface area contributed by atoms with Crippen LogP contribution < -0.4 is 5.73 Å². The van der Waals surface area contributed by atoms with Crippen LogP contribution in [0.3, 0.4) is 0 Å². The molecular formula is C76H120N10O19S13. The van der Waals surface area contributed by atoms with Crippen LogP contribution in [0.1, 0.15) is 197 Å². The number of carboxylic acids is 5. The van der Waals surface area contributed by atoms with E-state index in [0.717, 1.165) is 12.0 Å². The van der Waals surface area contributed by atoms with Gasteiger partial charge in [0.05, 0.1) is 63.7 Å². The third-order valence-electron chi connectivity index (χ3n) is 15.1. The fourth-order valence-corrected chi connectivity index (χ4v) is 17.0. The van der Waals surface area contributed by atoms with Crippen LogP contribution >= 0.6 is 145 Å². The van der Waals surface area contributed by atoms with Crippen LogP contribution in [-0.4, -0.2) is 213 Å². The summed E-state index contributed by atoms with van der Waals surface area (Å²) in [5, 5.41) is 96.3. The maximum absolute atomic E-state index is 11.9. The van der Waals surface area contributed by atoms with Gasteiger partial charge in [0, 0.05) is 65.6 Å². The van der Waals surface area contributed by atoms with E-state index in [1.54, 1.807) is 77.1 Å². The number of imide groups is 1. The van der Waals surface area contributed by atoms with Crippen molar-refractivity contribution in [3.05, 3.63) is 71.8 Å². The molecule has 1 aliphatic rings. The molecule has 1 saturated heterocycles. The Hall–Kier alpha value is -5.88. The molecular weight excluding hydrogens is 1770 g/mol. The van der Waals surface area contributed by atoms with Crippen LogP contribution in [-0.2, 0) is 64.1 Å². The number of ketones is 1. The van der Waals surface area contributed by atoms with E-state index >= 15 is 0 Å². The number of likely N-dealkylation sites (N-methyl/N-ethyl adjacent to an activating group) is 2. The van der Waals surface area contributed by atoms with E-state index in [9.17, 15) is 58.0 Å². The van der Waals surface area contributed by atoms with Gasteiger partial charge in [-0.3, -0.25) is 43.2 Å². The zero-order valence-corrected chi connectivity index (χ0v) is 81.6. The largest absolute Gasteiger partial charge is 0.481 e. The minimum absolute atomic E-state index is 0. The number of thiocarbonyl (C=S) groups is 1. The number of carbonyl (C=O) groups is 11. The van der Waals surface area contributed by atoms with Crippen LogP contribution in [0.5, 0.6) is 0 Å². The van der Waals surface area contributed by atoms with Gasteiger partial charge in [-0.15, -0.1) is 5.06 Å². The summed E-state index contributed by atoms with van der Waals surface area (Å²) in [6, 6.07) is 30.8. The number of thioether (sulfide) groups is 1. The van der Waals surface area contributed by atoms with Gasteiger partial charge in [0.15, 0.2) is 5.78 Å². The standard InChI is InChI=1S/C13H13NO2S2.C12H20N2O2S2.C11H14N2O4S2.C11H18N2O3S2.C7H11NO2S2.C7H9N.C6H9NO2S.C5H10O2.C2H6S2.C2H6.2H2O/c1-13(9-14,8-7-11(15)16)18-12(17)10-5-3-2-4-6-10;1-9(10(2)15)14(4)11(16)6-7-12(3,8-13)18-17-5;1-11(7-12,19-18-2)6-5-10(16)17-13-8(14)3-4-9(13)15;1-8(10(15)16)13(3)9(14)5-6-11(2,7-12)18-17-4;1-7(5-8,12-11-2)4-3-6(9)10;8-6-7-4-2-1-3-5-7;1-6(10,4-7)3-2-5(8)9;1-3-4(2)5(6)7;1-3-4-2;1-2;;/h2-6H,7-8H2,1H3,(H,15,16);9H,6-7H2,1-5H3;3-6H2,1-2H3;8H,5-6H2,1-4H3,(H,15,16);3-4H2,1-2H3,(H,9,10);1-5H,6,8H2;10H,2-3H2,1H3,(H,8,9);4H,3H2,1-2H3,(H,6,7);1-2H3;1-2H3;2*1H2/t;9-,12?;;8-,11?;;;;4-;;;;/m.0.0...1..../s1. The normalized spacial score (nSPS) is 14.1. The van der Waals surface area contributed by atoms with Crippen molar-refractivity contribution < 1.29 is 94.1 Å². The van der Waals surface area contributed by atoms with Crippen LogP contribution in [0.15, 0.2) is 60.7 Å². The van der Waals surface area contributed by atoms with Crippen LogP contribution in [0, 0.1) is 73.9 Å². The highest BCUT2D eigenvalue weighted by Crippen LogP contribution is 2.40. The molecule has 0 aromatic heterocycles. The van der Waals surface area contributed by atoms with Crippen molar-refractivity contribution in [1.29, 1.82) is 31.6 Å². The van der Waals surface area contributed by atoms with Crippen molar-refractivity contribution in [1.82, 2.24) is 14.9 Å². The van der Waals surface area contributed by atoms with Gasteiger partial charge in [0.2, 0.25) is 11.8 Å². The quantitative estimate of drug-likeness (QED) is 0.0143. The number of aliphatic carboxylic acids is 5. The van der Waals surface area contributed by atoms with E-state index in [-0.39, 0.29) is 98.7 Å². The van der Waals surface area contributed by atoms with Crippen molar-refractivity contribution in [2.45, 2.75) is 233 Å². The second-order valence-corrected chi connectivity index (χ2v) is 42.5. The number of nitrogens with two attached hydrogens (primary N) is 1. The van der Waals surface area contributed by atoms with Crippen molar-refractivity contribution in [3.63, 3.8) is 0 Å². The summed E-state index contributed by atoms with van der Waals surface area (Å²) in [5.41, 5.74) is 7.42. The average molecular weight is 1890 g/mol. The molecule has 1 heterocycles. The van der Waals surface area contributed by atoms with E-state index < -0.39 is 88.2 Å². The summed E-state index contributed by atoms with van der Waals surface area (Å²) in [6.07, 6.45) is 15.1. The molecule has 6 unspecified atom stereocenters. The number of rotatable bonds is 37. The van der Waals surface area contributed by atoms with Gasteiger partial charge in [-0.2, -0.15) is 44.2 Å². The number of hydroxylamine groups is 2. The molecule has 1 fully saturated rings. The van der Waals surface area contributed by atoms with E-state index in [2.05, 4.69) is 55.5 Å². The summed E-state index contributed by atoms with van der Waals surface area (Å²) >= 11 is 10.5. The maximum Gasteiger partial charge on any atom is 0.333 e. The summed E-state index contributed by atoms with van der Waals surface area (Å²) < 4.78 is -3.44. The smallest absolute Gasteiger partial charge is 0.333 e. The Balaban J connectivity index is -0.000000165. The fourth-order valence-electron chi connectivity index (χ4n) is 7.11. The number of carbonyl (C=O) groups excluding carboxylic acids is 6. The van der Waals surface area contributed by atoms with Gasteiger partial charge in [0.25, 0.3) is 11.8 Å². The van der Waals surface area contributed by atoms with Gasteiger partial charge in [-0.1, -0.05) is 220 Å². The second-order valence-electron chi connectivity index (χ2n) is 25.1. The lowest BCUT2D eigenvalue weighted by molar-refractivity contribution is -0.197. The highest BCUT2D eigenvalue weighted by atomic mass is 33.1. The molecule has 29 nitrogen and oxygen atoms in total. The summed E-state index contributed by atoms with van der Waals surface area (Å²) in [6.45, 7) is 23.2. The number of nitriles is 6. The van der Waals surface area contributed by atoms with E-state index in [0.29, 0.717) is 41.5 Å². The summed E-state index contributed by atoms with van der Waals surface area (Å²) in [7, 11) is 18.2. The predicted octanol–water partition coefficient (Wildman–Crippen LogP) is 15.9. The monoisotopic (exact) mass is 1890 g/mol. The van der Waals surface area contributed by atoms with Gasteiger partial charge in [-0.05, 0) is 156 Å². The minimum atomic E-state index is -1.03. The fraction of sp³-hybridized carbons (Fsp3) is 0.605. The average Bonchev–Trinajstić information content (AvgIpc) is 1.58. The molecule has 118 heavy (non-hydrogen) atoms. The molecule has 0 aliphatic carbocycles. The summed E-state index contributed by atoms with van der Waals surface area (Å²) in [4.78, 5) is 128. The maximum atomic E-state index is 11.9. The number of hydrogen-bond acceptors (Lipinski definition) is 32. The Morgan fingerprint density at radius 2 is 0.831 bits per heavy atom. The predicted molar refractivity (Wildman–Crippen MR) is 499 cm³/mol. The third kappa shape index (κ3) is 67.7. The molecule has 3 rings (SSSR count). The number of amides is 4. The number of carboxylic acid groups (broad SMARTS) is 5. The number of hydrogen-bond donors (Lipinski definition) is 7. The Morgan fingerprint density at radius 1 is 0.517 bits per heavy atom. The SMILES string of the molecule is CC.CC(C#N)(CCC(=O)O)SC(=S)c1ccccc1.CC(S)(C#N)CCC(=O)O.CC[C@@H](C)C(=O)O.CSSC.CSSC(C)(C#N)CCC(=O)N(C)[C@@H](C)C(=O)O.CSSC(C)(C#N)CCC(=O)N(C)[C@@H](C)C(C)=O.CSSC(C)(C#N)CCC(=O)O.CSSC(C)(C#N)CCC(=O)ON1C(=O)CCC1=O.NCc1ccccc1.O.O. The van der Waals surface area contributed by atoms with Crippen molar-refractivity contribution in [2.24, 2.45) is 11.7 Å². The zero-order valence-electron chi connectivity index (χ0n) is 70.9. The number of nitrogens with zero attached hydrogens (tertiary/aromatic N) is 9. The van der Waals surface area contributed by atoms with Gasteiger partial charge in [0.1, 0.15) is 29.8 Å². The molecule has 0 bridgehead atoms. The minimum Gasteiger partial charge on any atom is -0.481 e. The molecule has 666 valence electrons. The molecule has 0 saturated carbocycles. The lowest BCUT2D eigenvalue weighted by Crippen LogP contribution is -2.40. The Morgan fingerprint density at radius 3 is 1.09 bits per heavy atom. The molecule has 11 N–H and O–H groups in total. The molecule has 2 aromatic rings. The first-order valence-corrected chi connectivity index (χ1v) is 50.2. The highest BCUT2D eigenvalue weighted by Gasteiger charge is 2.35. The van der Waals surface area contributed by atoms with Crippen molar-refractivity contribution in [2.75, 3.05) is 51.6 Å². The topological polar surface area (TPSA) is 540 Å². The van der Waals surface area contributed by atoms with Gasteiger partial charge in [-0.25, -0.2) is 9.59 Å². The number of thiol groups is 1. The second kappa shape index (κ2) is 74.9. The zero-order chi connectivity index (χ0) is 91.7.